The third kappa shape index (κ3) is 7.13. The minimum atomic E-state index is -0.902. The van der Waals surface area contributed by atoms with Gasteiger partial charge in [0.1, 0.15) is 0 Å². The SMILES string of the molecule is CC(C)CC[C@H](C(=O)O)[C@@H](C)CC(=O)NNC(=O)c1ccccc1Cl. The molecule has 0 fully saturated rings. The van der Waals surface area contributed by atoms with Crippen molar-refractivity contribution < 1.29 is 19.5 Å². The Hall–Kier alpha value is -2.08. The van der Waals surface area contributed by atoms with Crippen LogP contribution in [0.5, 0.6) is 0 Å². The summed E-state index contributed by atoms with van der Waals surface area (Å²) in [7, 11) is 0. The number of carbonyl (C=O) groups is 3. The molecule has 2 amide bonds. The Morgan fingerprint density at radius 1 is 1.08 bits per heavy atom. The number of rotatable bonds is 8. The first-order valence-electron chi connectivity index (χ1n) is 8.28. The van der Waals surface area contributed by atoms with Crippen LogP contribution in [0.25, 0.3) is 0 Å². The molecule has 3 N–H and O–H groups in total. The monoisotopic (exact) mass is 368 g/mol. The van der Waals surface area contributed by atoms with Crippen LogP contribution in [0.3, 0.4) is 0 Å². The molecule has 0 saturated heterocycles. The van der Waals surface area contributed by atoms with Gasteiger partial charge in [0.15, 0.2) is 0 Å². The standard InChI is InChI=1S/C18H25ClN2O4/c1-11(2)8-9-13(18(24)25)12(3)10-16(22)20-21-17(23)14-6-4-5-7-15(14)19/h4-7,11-13H,8-10H2,1-3H3,(H,20,22)(H,21,23)(H,24,25)/t12-,13-/m0/s1. The van der Waals surface area contributed by atoms with Crippen LogP contribution in [-0.2, 0) is 9.59 Å². The molecule has 0 bridgehead atoms. The highest BCUT2D eigenvalue weighted by Gasteiger charge is 2.26. The molecule has 6 nitrogen and oxygen atoms in total. The minimum absolute atomic E-state index is 0.0118. The lowest BCUT2D eigenvalue weighted by molar-refractivity contribution is -0.144. The van der Waals surface area contributed by atoms with Crippen molar-refractivity contribution in [1.29, 1.82) is 0 Å². The van der Waals surface area contributed by atoms with Crippen molar-refractivity contribution >= 4 is 29.4 Å². The predicted molar refractivity (Wildman–Crippen MR) is 96.0 cm³/mol. The average Bonchev–Trinajstić information content (AvgIpc) is 2.52. The maximum absolute atomic E-state index is 12.0. The lowest BCUT2D eigenvalue weighted by Gasteiger charge is -2.20. The molecule has 0 saturated carbocycles. The van der Waals surface area contributed by atoms with Gasteiger partial charge in [-0.25, -0.2) is 0 Å². The van der Waals surface area contributed by atoms with Gasteiger partial charge < -0.3 is 5.11 Å². The Morgan fingerprint density at radius 2 is 1.72 bits per heavy atom. The molecule has 138 valence electrons. The normalized spacial score (nSPS) is 13.2. The van der Waals surface area contributed by atoms with Crippen LogP contribution in [0, 0.1) is 17.8 Å². The van der Waals surface area contributed by atoms with Crippen molar-refractivity contribution in [3.05, 3.63) is 34.9 Å². The highest BCUT2D eigenvalue weighted by atomic mass is 35.5. The Kier molecular flexibility index (Phi) is 8.41. The first-order valence-corrected chi connectivity index (χ1v) is 8.66. The molecular weight excluding hydrogens is 344 g/mol. The Morgan fingerprint density at radius 3 is 2.28 bits per heavy atom. The number of aliphatic carboxylic acids is 1. The largest absolute Gasteiger partial charge is 0.481 e. The summed E-state index contributed by atoms with van der Waals surface area (Å²) in [6.07, 6.45) is 1.32. The zero-order valence-corrected chi connectivity index (χ0v) is 15.5. The molecule has 0 aliphatic carbocycles. The molecule has 0 aromatic heterocycles. The van der Waals surface area contributed by atoms with Crippen LogP contribution in [0.1, 0.15) is 50.4 Å². The molecule has 0 aliphatic rings. The number of hydrazine groups is 1. The van der Waals surface area contributed by atoms with Gasteiger partial charge in [-0.2, -0.15) is 0 Å². The summed E-state index contributed by atoms with van der Waals surface area (Å²) in [6, 6.07) is 6.48. The van der Waals surface area contributed by atoms with Gasteiger partial charge in [0.25, 0.3) is 5.91 Å². The van der Waals surface area contributed by atoms with E-state index in [4.69, 9.17) is 11.6 Å². The van der Waals surface area contributed by atoms with E-state index in [2.05, 4.69) is 10.9 Å². The number of hydrogen-bond acceptors (Lipinski definition) is 3. The van der Waals surface area contributed by atoms with Crippen LogP contribution in [0.2, 0.25) is 5.02 Å². The van der Waals surface area contributed by atoms with E-state index in [0.717, 1.165) is 6.42 Å². The zero-order chi connectivity index (χ0) is 19.0. The van der Waals surface area contributed by atoms with E-state index >= 15 is 0 Å². The van der Waals surface area contributed by atoms with Gasteiger partial charge in [-0.1, -0.05) is 50.9 Å². The minimum Gasteiger partial charge on any atom is -0.481 e. The van der Waals surface area contributed by atoms with Gasteiger partial charge in [0.2, 0.25) is 5.91 Å². The van der Waals surface area contributed by atoms with Crippen LogP contribution in [0.15, 0.2) is 24.3 Å². The van der Waals surface area contributed by atoms with Gasteiger partial charge in [0, 0.05) is 6.42 Å². The van der Waals surface area contributed by atoms with Crippen molar-refractivity contribution in [3.63, 3.8) is 0 Å². The smallest absolute Gasteiger partial charge is 0.306 e. The van der Waals surface area contributed by atoms with Crippen LogP contribution in [-0.4, -0.2) is 22.9 Å². The molecule has 1 aromatic rings. The van der Waals surface area contributed by atoms with E-state index in [-0.39, 0.29) is 22.9 Å². The van der Waals surface area contributed by atoms with Crippen molar-refractivity contribution in [2.24, 2.45) is 17.8 Å². The summed E-state index contributed by atoms with van der Waals surface area (Å²) < 4.78 is 0. The van der Waals surface area contributed by atoms with Crippen LogP contribution in [0.4, 0.5) is 0 Å². The average molecular weight is 369 g/mol. The fraction of sp³-hybridized carbons (Fsp3) is 0.500. The molecule has 0 radical (unpaired) electrons. The lowest BCUT2D eigenvalue weighted by atomic mass is 9.85. The van der Waals surface area contributed by atoms with E-state index in [9.17, 15) is 19.5 Å². The summed E-state index contributed by atoms with van der Waals surface area (Å²) >= 11 is 5.92. The molecule has 0 unspecified atom stereocenters. The fourth-order valence-corrected chi connectivity index (χ4v) is 2.71. The number of carboxylic acid groups (broad SMARTS) is 1. The number of halogens is 1. The summed E-state index contributed by atoms with van der Waals surface area (Å²) in [5.74, 6) is -2.40. The highest BCUT2D eigenvalue weighted by Crippen LogP contribution is 2.23. The third-order valence-electron chi connectivity index (χ3n) is 4.00. The van der Waals surface area contributed by atoms with Crippen molar-refractivity contribution in [2.45, 2.75) is 40.0 Å². The molecule has 1 aromatic carbocycles. The molecular formula is C18H25ClN2O4. The van der Waals surface area contributed by atoms with Crippen molar-refractivity contribution in [1.82, 2.24) is 10.9 Å². The van der Waals surface area contributed by atoms with E-state index in [1.807, 2.05) is 13.8 Å². The van der Waals surface area contributed by atoms with Crippen molar-refractivity contribution in [2.75, 3.05) is 0 Å². The van der Waals surface area contributed by atoms with Gasteiger partial charge in [-0.3, -0.25) is 25.2 Å². The number of nitrogens with one attached hydrogen (secondary N) is 2. The van der Waals surface area contributed by atoms with Crippen LogP contribution >= 0.6 is 11.6 Å². The summed E-state index contributed by atoms with van der Waals surface area (Å²) in [4.78, 5) is 35.4. The Labute approximate surface area is 152 Å². The van der Waals surface area contributed by atoms with Gasteiger partial charge >= 0.3 is 5.97 Å². The third-order valence-corrected chi connectivity index (χ3v) is 4.33. The molecule has 7 heteroatoms. The van der Waals surface area contributed by atoms with Gasteiger partial charge in [-0.05, 0) is 30.4 Å². The first-order chi connectivity index (χ1) is 11.7. The Bertz CT molecular complexity index is 619. The molecule has 0 aliphatic heterocycles. The van der Waals surface area contributed by atoms with Crippen LogP contribution < -0.4 is 10.9 Å². The molecule has 1 rings (SSSR count). The van der Waals surface area contributed by atoms with Gasteiger partial charge in [0.05, 0.1) is 16.5 Å². The number of carbonyl (C=O) groups excluding carboxylic acids is 2. The predicted octanol–water partition coefficient (Wildman–Crippen LogP) is 3.26. The van der Waals surface area contributed by atoms with Gasteiger partial charge in [-0.15, -0.1) is 0 Å². The summed E-state index contributed by atoms with van der Waals surface area (Å²) in [6.45, 7) is 5.79. The molecule has 2 atom stereocenters. The maximum Gasteiger partial charge on any atom is 0.306 e. The fourth-order valence-electron chi connectivity index (χ4n) is 2.49. The van der Waals surface area contributed by atoms with E-state index < -0.39 is 23.7 Å². The quantitative estimate of drug-likeness (QED) is 0.613. The van der Waals surface area contributed by atoms with Crippen molar-refractivity contribution in [3.8, 4) is 0 Å². The number of hydrogen-bond donors (Lipinski definition) is 3. The molecule has 0 heterocycles. The number of carboxylic acids is 1. The number of benzene rings is 1. The number of amides is 2. The van der Waals surface area contributed by atoms with E-state index in [0.29, 0.717) is 12.3 Å². The second-order valence-electron chi connectivity index (χ2n) is 6.58. The molecule has 25 heavy (non-hydrogen) atoms. The summed E-state index contributed by atoms with van der Waals surface area (Å²) in [5.41, 5.74) is 4.85. The lowest BCUT2D eigenvalue weighted by Crippen LogP contribution is -2.42. The van der Waals surface area contributed by atoms with E-state index in [1.165, 1.54) is 0 Å². The Balaban J connectivity index is 2.53. The van der Waals surface area contributed by atoms with E-state index in [1.54, 1.807) is 31.2 Å². The maximum atomic E-state index is 12.0. The second-order valence-corrected chi connectivity index (χ2v) is 6.99. The molecule has 0 spiro atoms. The second kappa shape index (κ2) is 10.0. The highest BCUT2D eigenvalue weighted by molar-refractivity contribution is 6.33. The topological polar surface area (TPSA) is 95.5 Å². The zero-order valence-electron chi connectivity index (χ0n) is 14.7. The first kappa shape index (κ1) is 21.0. The summed E-state index contributed by atoms with van der Waals surface area (Å²) in [5, 5.41) is 9.63.